The van der Waals surface area contributed by atoms with Gasteiger partial charge in [0.05, 0.1) is 17.8 Å². The molecule has 5 heteroatoms. The molecular weight excluding hydrogens is 312 g/mol. The lowest BCUT2D eigenvalue weighted by Gasteiger charge is -2.10. The third kappa shape index (κ3) is 3.46. The Hall–Kier alpha value is -3.08. The van der Waals surface area contributed by atoms with Gasteiger partial charge in [0.25, 0.3) is 0 Å². The topological polar surface area (TPSA) is 50.2 Å². The molecule has 0 aliphatic carbocycles. The molecule has 0 aliphatic rings. The molecule has 1 N–H and O–H groups in total. The molecule has 1 aromatic heterocycles. The molecule has 0 saturated carbocycles. The molecule has 1 heterocycles. The zero-order valence-corrected chi connectivity index (χ0v) is 12.5. The number of carbonyl (C=O) groups is 1. The van der Waals surface area contributed by atoms with E-state index in [0.29, 0.717) is 28.1 Å². The molecular formula is C19H13F2NO2. The van der Waals surface area contributed by atoms with Gasteiger partial charge in [-0.3, -0.25) is 9.78 Å². The van der Waals surface area contributed by atoms with E-state index in [9.17, 15) is 13.6 Å². The fourth-order valence-electron chi connectivity index (χ4n) is 2.45. The van der Waals surface area contributed by atoms with E-state index >= 15 is 0 Å². The van der Waals surface area contributed by atoms with Gasteiger partial charge in [-0.2, -0.15) is 0 Å². The summed E-state index contributed by atoms with van der Waals surface area (Å²) in [6, 6.07) is 15.1. The Balaban J connectivity index is 2.08. The largest absolute Gasteiger partial charge is 0.481 e. The zero-order valence-electron chi connectivity index (χ0n) is 12.5. The Labute approximate surface area is 137 Å². The summed E-state index contributed by atoms with van der Waals surface area (Å²) in [7, 11) is 0. The maximum absolute atomic E-state index is 13.1. The van der Waals surface area contributed by atoms with Gasteiger partial charge in [-0.1, -0.05) is 18.2 Å². The van der Waals surface area contributed by atoms with Crippen molar-refractivity contribution >= 4 is 5.97 Å². The van der Waals surface area contributed by atoms with Crippen LogP contribution in [0.5, 0.6) is 0 Å². The smallest absolute Gasteiger partial charge is 0.309 e. The van der Waals surface area contributed by atoms with Crippen molar-refractivity contribution in [2.45, 2.75) is 6.42 Å². The van der Waals surface area contributed by atoms with Crippen LogP contribution in [0.4, 0.5) is 8.78 Å². The Morgan fingerprint density at radius 1 is 0.833 bits per heavy atom. The fourth-order valence-corrected chi connectivity index (χ4v) is 2.45. The van der Waals surface area contributed by atoms with Crippen LogP contribution in [0.2, 0.25) is 0 Å². The summed E-state index contributed by atoms with van der Waals surface area (Å²) >= 11 is 0. The van der Waals surface area contributed by atoms with Crippen LogP contribution < -0.4 is 0 Å². The summed E-state index contributed by atoms with van der Waals surface area (Å²) in [5, 5.41) is 9.13. The minimum Gasteiger partial charge on any atom is -0.481 e. The lowest BCUT2D eigenvalue weighted by atomic mass is 10.0. The van der Waals surface area contributed by atoms with Gasteiger partial charge in [-0.15, -0.1) is 0 Å². The molecule has 0 amide bonds. The van der Waals surface area contributed by atoms with Crippen LogP contribution in [0.3, 0.4) is 0 Å². The Morgan fingerprint density at radius 2 is 1.38 bits per heavy atom. The highest BCUT2D eigenvalue weighted by Crippen LogP contribution is 2.27. The minimum absolute atomic E-state index is 0.262. The van der Waals surface area contributed by atoms with Gasteiger partial charge in [-0.05, 0) is 48.0 Å². The summed E-state index contributed by atoms with van der Waals surface area (Å²) in [5.41, 5.74) is 2.93. The van der Waals surface area contributed by atoms with E-state index in [-0.39, 0.29) is 18.1 Å². The molecule has 0 bridgehead atoms. The number of pyridine rings is 1. The van der Waals surface area contributed by atoms with Crippen LogP contribution in [0.1, 0.15) is 5.69 Å². The van der Waals surface area contributed by atoms with Gasteiger partial charge in [-0.25, -0.2) is 8.78 Å². The first-order valence-electron chi connectivity index (χ1n) is 7.26. The number of halogens is 2. The van der Waals surface area contributed by atoms with E-state index in [2.05, 4.69) is 4.98 Å². The summed E-state index contributed by atoms with van der Waals surface area (Å²) in [5.74, 6) is -1.73. The fraction of sp³-hybridized carbons (Fsp3) is 0.0526. The molecule has 0 atom stereocenters. The highest BCUT2D eigenvalue weighted by molar-refractivity contribution is 5.77. The average Bonchev–Trinajstić information content (AvgIpc) is 2.56. The van der Waals surface area contributed by atoms with E-state index in [1.807, 2.05) is 0 Å². The second-order valence-electron chi connectivity index (χ2n) is 5.28. The highest BCUT2D eigenvalue weighted by Gasteiger charge is 2.13. The van der Waals surface area contributed by atoms with Crippen molar-refractivity contribution in [2.75, 3.05) is 0 Å². The number of carboxylic acids is 1. The quantitative estimate of drug-likeness (QED) is 0.777. The first kappa shape index (κ1) is 15.8. The minimum atomic E-state index is -1.01. The van der Waals surface area contributed by atoms with Crippen LogP contribution in [-0.4, -0.2) is 16.1 Å². The monoisotopic (exact) mass is 325 g/mol. The van der Waals surface area contributed by atoms with Gasteiger partial charge in [0.2, 0.25) is 0 Å². The normalized spacial score (nSPS) is 10.6. The van der Waals surface area contributed by atoms with Crippen molar-refractivity contribution in [1.29, 1.82) is 0 Å². The maximum Gasteiger partial charge on any atom is 0.309 e. The first-order valence-corrected chi connectivity index (χ1v) is 7.26. The number of benzene rings is 2. The van der Waals surface area contributed by atoms with E-state index in [1.165, 1.54) is 24.3 Å². The third-order valence-corrected chi connectivity index (χ3v) is 3.59. The number of rotatable bonds is 4. The van der Waals surface area contributed by atoms with Crippen molar-refractivity contribution < 1.29 is 18.7 Å². The number of aliphatic carboxylic acids is 1. The lowest BCUT2D eigenvalue weighted by molar-refractivity contribution is -0.136. The van der Waals surface area contributed by atoms with Crippen molar-refractivity contribution in [3.8, 4) is 22.4 Å². The number of hydrogen-bond acceptors (Lipinski definition) is 2. The molecule has 3 aromatic rings. The Bertz CT molecular complexity index is 875. The SMILES string of the molecule is O=C(O)Cc1nc(-c2ccc(F)cc2)ccc1-c1ccc(F)cc1. The van der Waals surface area contributed by atoms with Gasteiger partial charge >= 0.3 is 5.97 Å². The molecule has 3 rings (SSSR count). The molecule has 24 heavy (non-hydrogen) atoms. The second kappa shape index (κ2) is 6.58. The number of carboxylic acid groups (broad SMARTS) is 1. The molecule has 0 aliphatic heterocycles. The molecule has 0 radical (unpaired) electrons. The number of nitrogens with zero attached hydrogens (tertiary/aromatic N) is 1. The van der Waals surface area contributed by atoms with E-state index in [0.717, 1.165) is 0 Å². The van der Waals surface area contributed by atoms with E-state index < -0.39 is 5.97 Å². The van der Waals surface area contributed by atoms with Gasteiger partial charge in [0.1, 0.15) is 11.6 Å². The summed E-state index contributed by atoms with van der Waals surface area (Å²) in [6.07, 6.45) is -0.262. The Morgan fingerprint density at radius 3 is 1.92 bits per heavy atom. The first-order chi connectivity index (χ1) is 11.5. The molecule has 0 unspecified atom stereocenters. The summed E-state index contributed by atoms with van der Waals surface area (Å²) < 4.78 is 26.1. The van der Waals surface area contributed by atoms with Crippen LogP contribution >= 0.6 is 0 Å². The number of aromatic nitrogens is 1. The second-order valence-corrected chi connectivity index (χ2v) is 5.28. The molecule has 2 aromatic carbocycles. The Kier molecular flexibility index (Phi) is 4.33. The molecule has 3 nitrogen and oxygen atoms in total. The molecule has 0 fully saturated rings. The zero-order chi connectivity index (χ0) is 17.1. The van der Waals surface area contributed by atoms with E-state index in [4.69, 9.17) is 5.11 Å². The number of hydrogen-bond donors (Lipinski definition) is 1. The van der Waals surface area contributed by atoms with Gasteiger partial charge in [0.15, 0.2) is 0 Å². The molecule has 0 saturated heterocycles. The van der Waals surface area contributed by atoms with Gasteiger partial charge < -0.3 is 5.11 Å². The highest BCUT2D eigenvalue weighted by atomic mass is 19.1. The molecule has 0 spiro atoms. The van der Waals surface area contributed by atoms with Crippen molar-refractivity contribution in [3.63, 3.8) is 0 Å². The predicted molar refractivity (Wildman–Crippen MR) is 86.4 cm³/mol. The van der Waals surface area contributed by atoms with Crippen molar-refractivity contribution in [1.82, 2.24) is 4.98 Å². The van der Waals surface area contributed by atoms with Gasteiger partial charge in [0, 0.05) is 11.1 Å². The maximum atomic E-state index is 13.1. The lowest BCUT2D eigenvalue weighted by Crippen LogP contribution is -2.05. The standard InChI is InChI=1S/C19H13F2NO2/c20-14-5-1-12(2-6-14)16-9-10-17(22-18(16)11-19(23)24)13-3-7-15(21)8-4-13/h1-10H,11H2,(H,23,24). The van der Waals surface area contributed by atoms with Crippen molar-refractivity contribution in [3.05, 3.63) is 78.0 Å². The summed E-state index contributed by atoms with van der Waals surface area (Å²) in [4.78, 5) is 15.6. The van der Waals surface area contributed by atoms with Crippen LogP contribution in [0.15, 0.2) is 60.7 Å². The predicted octanol–water partition coefficient (Wildman–Crippen LogP) is 4.32. The van der Waals surface area contributed by atoms with Crippen LogP contribution in [0, 0.1) is 11.6 Å². The third-order valence-electron chi connectivity index (χ3n) is 3.59. The molecule has 120 valence electrons. The van der Waals surface area contributed by atoms with Crippen molar-refractivity contribution in [2.24, 2.45) is 0 Å². The summed E-state index contributed by atoms with van der Waals surface area (Å²) in [6.45, 7) is 0. The van der Waals surface area contributed by atoms with Crippen LogP contribution in [-0.2, 0) is 11.2 Å². The average molecular weight is 325 g/mol. The van der Waals surface area contributed by atoms with E-state index in [1.54, 1.807) is 36.4 Å². The van der Waals surface area contributed by atoms with Crippen LogP contribution in [0.25, 0.3) is 22.4 Å².